The van der Waals surface area contributed by atoms with Crippen LogP contribution < -0.4 is 0 Å². The Bertz CT molecular complexity index is 678. The lowest BCUT2D eigenvalue weighted by atomic mass is 10.3. The zero-order valence-electron chi connectivity index (χ0n) is 11.1. The van der Waals surface area contributed by atoms with E-state index in [1.807, 2.05) is 13.0 Å². The molecular weight excluding hydrogens is 296 g/mol. The molecule has 3 rings (SSSR count). The van der Waals surface area contributed by atoms with E-state index in [2.05, 4.69) is 10.3 Å². The van der Waals surface area contributed by atoms with Crippen LogP contribution in [0.5, 0.6) is 0 Å². The highest BCUT2D eigenvalue weighted by Crippen LogP contribution is 2.30. The molecule has 8 heteroatoms. The van der Waals surface area contributed by atoms with Gasteiger partial charge in [0.1, 0.15) is 4.21 Å². The van der Waals surface area contributed by atoms with E-state index in [0.717, 1.165) is 17.7 Å². The number of thiophene rings is 1. The van der Waals surface area contributed by atoms with Crippen molar-refractivity contribution in [2.45, 2.75) is 30.0 Å². The summed E-state index contributed by atoms with van der Waals surface area (Å²) in [5.74, 6) is 0. The number of aryl methyl sites for hydroxylation is 1. The molecule has 1 saturated heterocycles. The minimum absolute atomic E-state index is 0.0814. The predicted octanol–water partition coefficient (Wildman–Crippen LogP) is 1.54. The van der Waals surface area contributed by atoms with Crippen molar-refractivity contribution in [2.24, 2.45) is 0 Å². The Kier molecular flexibility index (Phi) is 3.61. The first kappa shape index (κ1) is 13.7. The number of aromatic nitrogens is 3. The van der Waals surface area contributed by atoms with Crippen molar-refractivity contribution in [1.82, 2.24) is 19.3 Å². The summed E-state index contributed by atoms with van der Waals surface area (Å²) >= 11 is 1.36. The maximum Gasteiger partial charge on any atom is 0.252 e. The second-order valence-electron chi connectivity index (χ2n) is 4.76. The summed E-state index contributed by atoms with van der Waals surface area (Å²) in [4.78, 5) is 1.09. The number of rotatable bonds is 4. The largest absolute Gasteiger partial charge is 0.252 e. The molecule has 0 aliphatic carbocycles. The summed E-state index contributed by atoms with van der Waals surface area (Å²) < 4.78 is 28.9. The first-order valence-electron chi connectivity index (χ1n) is 6.56. The van der Waals surface area contributed by atoms with E-state index in [0.29, 0.717) is 17.3 Å². The van der Waals surface area contributed by atoms with Crippen LogP contribution in [0, 0.1) is 0 Å². The molecule has 1 unspecified atom stereocenters. The molecule has 0 N–H and O–H groups in total. The molecule has 1 atom stereocenters. The van der Waals surface area contributed by atoms with Gasteiger partial charge in [0.25, 0.3) is 10.0 Å². The van der Waals surface area contributed by atoms with Gasteiger partial charge in [0, 0.05) is 24.2 Å². The van der Waals surface area contributed by atoms with Crippen molar-refractivity contribution in [1.29, 1.82) is 0 Å². The molecule has 1 fully saturated rings. The fraction of sp³-hybridized carbons (Fsp3) is 0.500. The standard InChI is InChI=1S/C12H16N4O2S2/c1-2-11-3-4-12(19-11)20(17,18)15-7-5-10(9-15)16-8-6-13-14-16/h3-4,6,8,10H,2,5,7,9H2,1H3. The Morgan fingerprint density at radius 1 is 1.45 bits per heavy atom. The molecule has 0 radical (unpaired) electrons. The van der Waals surface area contributed by atoms with Crippen molar-refractivity contribution in [3.63, 3.8) is 0 Å². The first-order valence-corrected chi connectivity index (χ1v) is 8.81. The summed E-state index contributed by atoms with van der Waals surface area (Å²) in [6.07, 6.45) is 5.03. The van der Waals surface area contributed by atoms with E-state index in [9.17, 15) is 8.42 Å². The van der Waals surface area contributed by atoms with Crippen LogP contribution in [0.2, 0.25) is 0 Å². The monoisotopic (exact) mass is 312 g/mol. The van der Waals surface area contributed by atoms with Crippen molar-refractivity contribution < 1.29 is 8.42 Å². The third-order valence-electron chi connectivity index (χ3n) is 3.52. The van der Waals surface area contributed by atoms with Gasteiger partial charge in [0.05, 0.1) is 12.2 Å². The molecule has 0 spiro atoms. The van der Waals surface area contributed by atoms with E-state index in [4.69, 9.17) is 0 Å². The van der Waals surface area contributed by atoms with Crippen molar-refractivity contribution >= 4 is 21.4 Å². The average molecular weight is 312 g/mol. The second-order valence-corrected chi connectivity index (χ2v) is 8.10. The van der Waals surface area contributed by atoms with E-state index < -0.39 is 10.0 Å². The van der Waals surface area contributed by atoms with E-state index >= 15 is 0 Å². The SMILES string of the molecule is CCc1ccc(S(=O)(=O)N2CCC(n3ccnn3)C2)s1. The molecule has 0 bridgehead atoms. The van der Waals surface area contributed by atoms with Gasteiger partial charge >= 0.3 is 0 Å². The zero-order chi connectivity index (χ0) is 14.2. The molecule has 108 valence electrons. The summed E-state index contributed by atoms with van der Waals surface area (Å²) in [7, 11) is -3.36. The molecule has 1 aliphatic rings. The topological polar surface area (TPSA) is 68.1 Å². The molecule has 20 heavy (non-hydrogen) atoms. The average Bonchev–Trinajstić information content (AvgIpc) is 3.18. The van der Waals surface area contributed by atoms with E-state index in [1.165, 1.54) is 11.3 Å². The zero-order valence-corrected chi connectivity index (χ0v) is 12.8. The van der Waals surface area contributed by atoms with Crippen LogP contribution >= 0.6 is 11.3 Å². The lowest BCUT2D eigenvalue weighted by Crippen LogP contribution is -2.28. The molecule has 6 nitrogen and oxygen atoms in total. The Balaban J connectivity index is 1.79. The minimum Gasteiger partial charge on any atom is -0.248 e. The fourth-order valence-corrected chi connectivity index (χ4v) is 5.31. The van der Waals surface area contributed by atoms with Crippen LogP contribution in [-0.4, -0.2) is 40.8 Å². The van der Waals surface area contributed by atoms with Crippen molar-refractivity contribution in [3.05, 3.63) is 29.4 Å². The third kappa shape index (κ3) is 2.38. The van der Waals surface area contributed by atoms with Gasteiger partial charge in [-0.2, -0.15) is 4.31 Å². The van der Waals surface area contributed by atoms with Gasteiger partial charge in [-0.3, -0.25) is 0 Å². The molecule has 2 aromatic heterocycles. The van der Waals surface area contributed by atoms with Gasteiger partial charge in [0.15, 0.2) is 0 Å². The molecule has 3 heterocycles. The molecular formula is C12H16N4O2S2. The highest BCUT2D eigenvalue weighted by Gasteiger charge is 2.34. The Morgan fingerprint density at radius 2 is 2.30 bits per heavy atom. The van der Waals surface area contributed by atoms with E-state index in [-0.39, 0.29) is 6.04 Å². The molecule has 0 amide bonds. The second kappa shape index (κ2) is 5.27. The van der Waals surface area contributed by atoms with Gasteiger partial charge in [-0.15, -0.1) is 16.4 Å². The molecule has 0 saturated carbocycles. The number of sulfonamides is 1. The van der Waals surface area contributed by atoms with Gasteiger partial charge in [-0.05, 0) is 25.0 Å². The van der Waals surface area contributed by atoms with Crippen LogP contribution in [0.3, 0.4) is 0 Å². The highest BCUT2D eigenvalue weighted by molar-refractivity contribution is 7.91. The number of hydrogen-bond donors (Lipinski definition) is 0. The number of nitrogens with zero attached hydrogens (tertiary/aromatic N) is 4. The van der Waals surface area contributed by atoms with Crippen molar-refractivity contribution in [2.75, 3.05) is 13.1 Å². The first-order chi connectivity index (χ1) is 9.61. The molecule has 1 aliphatic heterocycles. The van der Waals surface area contributed by atoms with E-state index in [1.54, 1.807) is 27.4 Å². The maximum atomic E-state index is 12.6. The normalized spacial score (nSPS) is 20.6. The lowest BCUT2D eigenvalue weighted by Gasteiger charge is -2.15. The van der Waals surface area contributed by atoms with Gasteiger partial charge in [0.2, 0.25) is 0 Å². The van der Waals surface area contributed by atoms with Crippen molar-refractivity contribution in [3.8, 4) is 0 Å². The smallest absolute Gasteiger partial charge is 0.248 e. The van der Waals surface area contributed by atoms with Crippen LogP contribution in [0.1, 0.15) is 24.3 Å². The Morgan fingerprint density at radius 3 is 2.95 bits per heavy atom. The Hall–Kier alpha value is -1.25. The molecule has 0 aromatic carbocycles. The van der Waals surface area contributed by atoms with Crippen LogP contribution in [0.4, 0.5) is 0 Å². The third-order valence-corrected chi connectivity index (χ3v) is 7.08. The minimum atomic E-state index is -3.36. The molecule has 2 aromatic rings. The van der Waals surface area contributed by atoms with Gasteiger partial charge in [-0.25, -0.2) is 13.1 Å². The fourth-order valence-electron chi connectivity index (χ4n) is 2.37. The van der Waals surface area contributed by atoms with Crippen LogP contribution in [0.15, 0.2) is 28.7 Å². The maximum absolute atomic E-state index is 12.6. The van der Waals surface area contributed by atoms with Crippen LogP contribution in [-0.2, 0) is 16.4 Å². The van der Waals surface area contributed by atoms with Crippen LogP contribution in [0.25, 0.3) is 0 Å². The quantitative estimate of drug-likeness (QED) is 0.859. The number of hydrogen-bond acceptors (Lipinski definition) is 5. The summed E-state index contributed by atoms with van der Waals surface area (Å²) in [5.41, 5.74) is 0. The summed E-state index contributed by atoms with van der Waals surface area (Å²) in [6, 6.07) is 3.68. The lowest BCUT2D eigenvalue weighted by molar-refractivity contribution is 0.429. The highest BCUT2D eigenvalue weighted by atomic mass is 32.2. The summed E-state index contributed by atoms with van der Waals surface area (Å²) in [6.45, 7) is 3.02. The predicted molar refractivity (Wildman–Crippen MR) is 76.1 cm³/mol. The van der Waals surface area contributed by atoms with Gasteiger partial charge in [-0.1, -0.05) is 12.1 Å². The Labute approximate surface area is 122 Å². The summed E-state index contributed by atoms with van der Waals surface area (Å²) in [5, 5.41) is 7.73. The van der Waals surface area contributed by atoms with Gasteiger partial charge < -0.3 is 0 Å².